The van der Waals surface area contributed by atoms with Crippen molar-refractivity contribution in [2.24, 2.45) is 0 Å². The van der Waals surface area contributed by atoms with Crippen molar-refractivity contribution in [1.29, 1.82) is 0 Å². The van der Waals surface area contributed by atoms with Gasteiger partial charge in [0.05, 0.1) is 64.2 Å². The molecule has 0 aliphatic carbocycles. The van der Waals surface area contributed by atoms with Gasteiger partial charge in [-0.3, -0.25) is 9.13 Å². The first-order chi connectivity index (χ1) is 27.4. The molecule has 0 spiro atoms. The zero-order chi connectivity index (χ0) is 41.7. The predicted octanol–water partition coefficient (Wildman–Crippen LogP) is 7.54. The summed E-state index contributed by atoms with van der Waals surface area (Å²) in [4.78, 5) is 0. The van der Waals surface area contributed by atoms with Crippen molar-refractivity contribution in [2.75, 3.05) is 78.9 Å². The average molecular weight is 861 g/mol. The highest BCUT2D eigenvalue weighted by molar-refractivity contribution is 7.54. The van der Waals surface area contributed by atoms with Crippen LogP contribution in [0.2, 0.25) is 0 Å². The minimum atomic E-state index is -3.45. The van der Waals surface area contributed by atoms with Crippen LogP contribution in [0, 0.1) is 0 Å². The Labute approximate surface area is 337 Å². The van der Waals surface area contributed by atoms with Gasteiger partial charge >= 0.3 is 23.8 Å². The predicted molar refractivity (Wildman–Crippen MR) is 218 cm³/mol. The number of aliphatic hydroxyl groups is 3. The molecule has 0 amide bonds. The van der Waals surface area contributed by atoms with Crippen molar-refractivity contribution in [1.82, 2.24) is 0 Å². The molecule has 0 saturated carbocycles. The van der Waals surface area contributed by atoms with E-state index < -0.39 is 42.1 Å². The molecule has 18 heteroatoms. The summed E-state index contributed by atoms with van der Waals surface area (Å²) >= 11 is 0. The number of aliphatic hydroxyl groups excluding tert-OH is 3. The fraction of sp³-hybridized carbons (Fsp3) is 0.538. The largest absolute Gasteiger partial charge is 0.491 e. The third-order valence-electron chi connectivity index (χ3n) is 7.90. The van der Waals surface area contributed by atoms with Crippen LogP contribution >= 0.6 is 23.8 Å². The lowest BCUT2D eigenvalue weighted by Crippen LogP contribution is -2.23. The van der Waals surface area contributed by atoms with Gasteiger partial charge in [-0.25, -0.2) is 0 Å². The second-order valence-corrected chi connectivity index (χ2v) is 17.9. The molecular weight excluding hydrogens is 801 g/mol. The van der Waals surface area contributed by atoms with Crippen molar-refractivity contribution < 1.29 is 70.3 Å². The number of hydrogen-bond donors (Lipinski definition) is 3. The quantitative estimate of drug-likeness (QED) is 0.0440. The van der Waals surface area contributed by atoms with Gasteiger partial charge in [0.15, 0.2) is 0 Å². The van der Waals surface area contributed by atoms with Crippen LogP contribution in [0.3, 0.4) is 0 Å². The molecule has 4 unspecified atom stereocenters. The van der Waals surface area contributed by atoms with Gasteiger partial charge in [0, 0.05) is 13.0 Å². The molecular formula is C39H59O15P3. The van der Waals surface area contributed by atoms with Gasteiger partial charge in [-0.05, 0) is 87.7 Å². The Bertz CT molecular complexity index is 1520. The molecule has 0 aromatic heterocycles. The summed E-state index contributed by atoms with van der Waals surface area (Å²) in [6.45, 7) is 9.64. The summed E-state index contributed by atoms with van der Waals surface area (Å²) < 4.78 is 80.3. The molecule has 3 N–H and O–H groups in total. The summed E-state index contributed by atoms with van der Waals surface area (Å²) in [5.74, 6) is 1.31. The van der Waals surface area contributed by atoms with E-state index in [9.17, 15) is 24.4 Å². The molecule has 4 atom stereocenters. The Balaban J connectivity index is 1.77. The molecule has 3 aromatic rings. The van der Waals surface area contributed by atoms with Gasteiger partial charge in [0.25, 0.3) is 0 Å². The summed E-state index contributed by atoms with van der Waals surface area (Å²) in [6.07, 6.45) is -3.43. The SMILES string of the molecule is CCOP(OC)OCC(O)COc1ccc(C(c2ccc(OCC(O)CP(=O)(OCC)OCC)cc2)c2ccc(OCC(O)CP(=O)(OCC)OCC)cc2)cc1. The van der Waals surface area contributed by atoms with E-state index in [1.807, 2.05) is 55.5 Å². The molecule has 0 bridgehead atoms. The molecule has 57 heavy (non-hydrogen) atoms. The van der Waals surface area contributed by atoms with E-state index in [2.05, 4.69) is 0 Å². The van der Waals surface area contributed by atoms with E-state index in [0.717, 1.165) is 16.7 Å². The molecule has 0 radical (unpaired) electrons. The summed E-state index contributed by atoms with van der Waals surface area (Å²) in [5, 5.41) is 31.5. The van der Waals surface area contributed by atoms with E-state index in [4.69, 9.17) is 45.9 Å². The Morgan fingerprint density at radius 1 is 0.491 bits per heavy atom. The molecule has 0 heterocycles. The van der Waals surface area contributed by atoms with E-state index in [-0.39, 0.29) is 71.1 Å². The third kappa shape index (κ3) is 17.4. The van der Waals surface area contributed by atoms with Crippen LogP contribution in [0.15, 0.2) is 72.8 Å². The van der Waals surface area contributed by atoms with Crippen LogP contribution in [0.4, 0.5) is 0 Å². The first-order valence-corrected chi connectivity index (χ1v) is 23.5. The summed E-state index contributed by atoms with van der Waals surface area (Å²) in [7, 11) is -6.95. The number of ether oxygens (including phenoxy) is 3. The van der Waals surface area contributed by atoms with Crippen LogP contribution in [-0.4, -0.2) is 113 Å². The molecule has 0 aliphatic heterocycles. The first-order valence-electron chi connectivity index (χ1n) is 19.0. The topological polar surface area (TPSA) is 187 Å². The molecule has 0 fully saturated rings. The van der Waals surface area contributed by atoms with Crippen LogP contribution in [0.1, 0.15) is 57.2 Å². The normalized spacial score (nSPS) is 14.8. The smallest absolute Gasteiger partial charge is 0.333 e. The van der Waals surface area contributed by atoms with E-state index in [1.165, 1.54) is 7.11 Å². The lowest BCUT2D eigenvalue weighted by atomic mass is 9.85. The minimum absolute atomic E-state index is 0.00226. The van der Waals surface area contributed by atoms with Crippen molar-refractivity contribution in [2.45, 2.75) is 58.8 Å². The molecule has 15 nitrogen and oxygen atoms in total. The molecule has 3 rings (SSSR count). The van der Waals surface area contributed by atoms with Crippen LogP contribution < -0.4 is 14.2 Å². The van der Waals surface area contributed by atoms with Gasteiger partial charge in [0.1, 0.15) is 43.2 Å². The molecule has 0 saturated heterocycles. The van der Waals surface area contributed by atoms with Crippen LogP contribution in [0.25, 0.3) is 0 Å². The van der Waals surface area contributed by atoms with Gasteiger partial charge < -0.3 is 61.2 Å². The Morgan fingerprint density at radius 3 is 1.12 bits per heavy atom. The lowest BCUT2D eigenvalue weighted by molar-refractivity contribution is 0.0520. The maximum absolute atomic E-state index is 12.8. The molecule has 0 aliphatic rings. The van der Waals surface area contributed by atoms with Crippen molar-refractivity contribution in [3.63, 3.8) is 0 Å². The monoisotopic (exact) mass is 860 g/mol. The maximum atomic E-state index is 12.8. The van der Waals surface area contributed by atoms with Crippen molar-refractivity contribution in [3.05, 3.63) is 89.5 Å². The highest BCUT2D eigenvalue weighted by Gasteiger charge is 2.29. The zero-order valence-electron chi connectivity index (χ0n) is 33.6. The fourth-order valence-corrected chi connectivity index (χ4v) is 9.74. The van der Waals surface area contributed by atoms with Crippen molar-refractivity contribution >= 4 is 23.8 Å². The number of hydrogen-bond acceptors (Lipinski definition) is 15. The fourth-order valence-electron chi connectivity index (χ4n) is 5.56. The standard InChI is InChI=1S/C39H59O15P3/c1-7-49-55(45-6)50-27-33(40)24-46-36-18-12-30(13-19-36)39(31-14-20-37(21-15-31)47-25-34(41)28-56(43,51-8-2)52-9-3)32-16-22-38(23-17-32)48-26-35(42)29-57(44,53-10-4)54-11-5/h12-23,33-35,39-42H,7-11,24-29H2,1-6H3. The van der Waals surface area contributed by atoms with E-state index >= 15 is 0 Å². The van der Waals surface area contributed by atoms with Crippen molar-refractivity contribution in [3.8, 4) is 17.2 Å². The second kappa shape index (κ2) is 25.9. The molecule has 320 valence electrons. The highest BCUT2D eigenvalue weighted by atomic mass is 31.2. The van der Waals surface area contributed by atoms with Crippen LogP contribution in [-0.2, 0) is 40.8 Å². The second-order valence-electron chi connectivity index (χ2n) is 12.4. The average Bonchev–Trinajstić information content (AvgIpc) is 3.18. The van der Waals surface area contributed by atoms with Gasteiger partial charge in [-0.15, -0.1) is 0 Å². The first kappa shape index (κ1) is 48.9. The number of rotatable bonds is 30. The minimum Gasteiger partial charge on any atom is -0.491 e. The van der Waals surface area contributed by atoms with Gasteiger partial charge in [0.2, 0.25) is 0 Å². The molecule has 3 aromatic carbocycles. The summed E-state index contributed by atoms with van der Waals surface area (Å²) in [6, 6.07) is 22.4. The Hall–Kier alpha value is -2.45. The Morgan fingerprint density at radius 2 is 0.825 bits per heavy atom. The van der Waals surface area contributed by atoms with Gasteiger partial charge in [-0.1, -0.05) is 36.4 Å². The summed E-state index contributed by atoms with van der Waals surface area (Å²) in [5.41, 5.74) is 2.79. The number of benzene rings is 3. The van der Waals surface area contributed by atoms with E-state index in [0.29, 0.717) is 23.9 Å². The maximum Gasteiger partial charge on any atom is 0.333 e. The third-order valence-corrected chi connectivity index (χ3v) is 13.4. The van der Waals surface area contributed by atoms with Crippen LogP contribution in [0.5, 0.6) is 17.2 Å². The lowest BCUT2D eigenvalue weighted by Gasteiger charge is -2.22. The van der Waals surface area contributed by atoms with E-state index in [1.54, 1.807) is 52.0 Å². The van der Waals surface area contributed by atoms with Gasteiger partial charge in [-0.2, -0.15) is 0 Å². The highest BCUT2D eigenvalue weighted by Crippen LogP contribution is 2.49. The Kier molecular flexibility index (Phi) is 22.2. The zero-order valence-corrected chi connectivity index (χ0v) is 36.3.